The van der Waals surface area contributed by atoms with Gasteiger partial charge in [-0.05, 0) is 15.1 Å². The molecule has 0 aliphatic rings. The molecule has 0 aromatic rings. The van der Waals surface area contributed by atoms with Crippen molar-refractivity contribution in [2.24, 2.45) is 0 Å². The van der Waals surface area contributed by atoms with E-state index in [1.165, 1.54) is 0 Å². The first-order valence-electron chi connectivity index (χ1n) is 5.88. The molecule has 0 aromatic carbocycles. The van der Waals surface area contributed by atoms with Crippen molar-refractivity contribution in [3.63, 3.8) is 0 Å². The molecule has 0 rings (SSSR count). The van der Waals surface area contributed by atoms with Gasteiger partial charge in [0.2, 0.25) is 0 Å². The van der Waals surface area contributed by atoms with Gasteiger partial charge in [0.05, 0.1) is 7.59 Å². The van der Waals surface area contributed by atoms with E-state index >= 15 is 0 Å². The molecule has 0 nitrogen and oxygen atoms in total. The van der Waals surface area contributed by atoms with Crippen LogP contribution in [0.3, 0.4) is 0 Å². The zero-order valence-corrected chi connectivity index (χ0v) is 18.6. The van der Waals surface area contributed by atoms with Crippen LogP contribution in [-0.2, 0) is 0 Å². The normalized spacial score (nSPS) is 15.8. The number of hydrogen-bond acceptors (Lipinski definition) is 0. The Bertz CT molecular complexity index is 205. The predicted molar refractivity (Wildman–Crippen MR) is 98.7 cm³/mol. The molecule has 0 saturated heterocycles. The standard InChI is InChI=1S/C12H27I2Si2/c1-10(2,3)16(15(13)14,11(4,5)6)12(7,8)9/h1-9H3. The summed E-state index contributed by atoms with van der Waals surface area (Å²) in [4.78, 5) is 0. The first-order chi connectivity index (χ1) is 6.69. The molecule has 0 atom stereocenters. The Hall–Kier alpha value is 1.89. The highest BCUT2D eigenvalue weighted by Gasteiger charge is 2.63. The van der Waals surface area contributed by atoms with Gasteiger partial charge in [0.15, 0.2) is 3.31 Å². The van der Waals surface area contributed by atoms with Gasteiger partial charge in [-0.1, -0.05) is 62.3 Å². The van der Waals surface area contributed by atoms with E-state index in [1.807, 2.05) is 0 Å². The number of halogens is 2. The molecule has 0 aromatic heterocycles. The minimum Gasteiger partial charge on any atom is -0.110 e. The van der Waals surface area contributed by atoms with E-state index < -0.39 is 7.59 Å². The predicted octanol–water partition coefficient (Wildman–Crippen LogP) is 6.27. The highest BCUT2D eigenvalue weighted by atomic mass is 127. The summed E-state index contributed by atoms with van der Waals surface area (Å²) in [6.07, 6.45) is 0. The summed E-state index contributed by atoms with van der Waals surface area (Å²) < 4.78 is -0.325. The molecule has 0 unspecified atom stereocenters. The van der Waals surface area contributed by atoms with Crippen LogP contribution in [0.15, 0.2) is 0 Å². The highest BCUT2D eigenvalue weighted by molar-refractivity contribution is 14.3. The number of rotatable bonds is 1. The summed E-state index contributed by atoms with van der Waals surface area (Å²) in [5.74, 6) is 0. The average molecular weight is 481 g/mol. The van der Waals surface area contributed by atoms with E-state index in [9.17, 15) is 0 Å². The molecule has 0 aliphatic heterocycles. The molecule has 0 aliphatic carbocycles. The zero-order chi connectivity index (χ0) is 13.6. The molecule has 0 spiro atoms. The molecule has 16 heavy (non-hydrogen) atoms. The molecule has 0 fully saturated rings. The van der Waals surface area contributed by atoms with Gasteiger partial charge in [0, 0.05) is 0 Å². The Morgan fingerprint density at radius 3 is 0.812 bits per heavy atom. The summed E-state index contributed by atoms with van der Waals surface area (Å²) >= 11 is 5.57. The highest BCUT2D eigenvalue weighted by Crippen LogP contribution is 2.64. The lowest BCUT2D eigenvalue weighted by Crippen LogP contribution is -2.65. The lowest BCUT2D eigenvalue weighted by Gasteiger charge is -2.60. The van der Waals surface area contributed by atoms with Crippen molar-refractivity contribution in [2.75, 3.05) is 0 Å². The first-order valence-corrected chi connectivity index (χ1v) is 16.6. The molecule has 0 bridgehead atoms. The molecule has 4 heteroatoms. The third-order valence-electron chi connectivity index (χ3n) is 3.66. The van der Waals surface area contributed by atoms with Gasteiger partial charge in [0.1, 0.15) is 0 Å². The average Bonchev–Trinajstić information content (AvgIpc) is 1.71. The fourth-order valence-corrected chi connectivity index (χ4v) is 61.5. The van der Waals surface area contributed by atoms with Crippen LogP contribution in [-0.4, -0.2) is 10.9 Å². The van der Waals surface area contributed by atoms with Crippen molar-refractivity contribution in [3.05, 3.63) is 0 Å². The molecule has 0 saturated carbocycles. The minimum absolute atomic E-state index is 0.325. The van der Waals surface area contributed by atoms with Crippen LogP contribution in [0, 0.1) is 0 Å². The van der Waals surface area contributed by atoms with Crippen LogP contribution >= 0.6 is 43.6 Å². The largest absolute Gasteiger partial charge is 0.195 e. The SMILES string of the molecule is CC(C)(C)[Si]([Si](I)I)(C(C)(C)C)C(C)(C)C. The molecular weight excluding hydrogens is 454 g/mol. The second-order valence-corrected chi connectivity index (χ2v) is 36.8. The number of hydrogen-bond donors (Lipinski definition) is 0. The lowest BCUT2D eigenvalue weighted by molar-refractivity contribution is 0.556. The Morgan fingerprint density at radius 2 is 0.812 bits per heavy atom. The second kappa shape index (κ2) is 5.11. The van der Waals surface area contributed by atoms with Crippen molar-refractivity contribution < 1.29 is 0 Å². The van der Waals surface area contributed by atoms with Gasteiger partial charge < -0.3 is 0 Å². The van der Waals surface area contributed by atoms with Gasteiger partial charge in [-0.25, -0.2) is 0 Å². The van der Waals surface area contributed by atoms with Crippen LogP contribution in [0.2, 0.25) is 15.1 Å². The molecule has 0 amide bonds. The van der Waals surface area contributed by atoms with Crippen molar-refractivity contribution in [1.82, 2.24) is 0 Å². The summed E-state index contributed by atoms with van der Waals surface area (Å²) in [6, 6.07) is 0. The van der Waals surface area contributed by atoms with Crippen molar-refractivity contribution in [3.8, 4) is 0 Å². The maximum Gasteiger partial charge on any atom is 0.195 e. The minimum atomic E-state index is -1.40. The topological polar surface area (TPSA) is 0 Å². The van der Waals surface area contributed by atoms with Gasteiger partial charge in [-0.15, -0.1) is 43.6 Å². The van der Waals surface area contributed by atoms with E-state index in [4.69, 9.17) is 0 Å². The Labute approximate surface area is 131 Å². The third-order valence-corrected chi connectivity index (χ3v) is 34.0. The second-order valence-electron chi connectivity index (χ2n) is 7.76. The van der Waals surface area contributed by atoms with E-state index in [1.54, 1.807) is 0 Å². The molecule has 0 N–H and O–H groups in total. The fraction of sp³-hybridized carbons (Fsp3) is 1.00. The Balaban J connectivity index is 6.05. The van der Waals surface area contributed by atoms with Crippen molar-refractivity contribution in [2.45, 2.75) is 77.4 Å². The fourth-order valence-electron chi connectivity index (χ4n) is 4.23. The quantitative estimate of drug-likeness (QED) is 0.235. The van der Waals surface area contributed by atoms with Crippen LogP contribution in [0.25, 0.3) is 0 Å². The summed E-state index contributed by atoms with van der Waals surface area (Å²) in [6.45, 7) is 22.4. The van der Waals surface area contributed by atoms with E-state index in [2.05, 4.69) is 106 Å². The van der Waals surface area contributed by atoms with Gasteiger partial charge in [-0.2, -0.15) is 0 Å². The smallest absolute Gasteiger partial charge is 0.110 e. The van der Waals surface area contributed by atoms with Gasteiger partial charge in [0.25, 0.3) is 0 Å². The molecule has 1 radical (unpaired) electrons. The van der Waals surface area contributed by atoms with Crippen LogP contribution < -0.4 is 0 Å². The maximum atomic E-state index is 2.78. The molecular formula is C12H27I2Si2. The third kappa shape index (κ3) is 2.90. The van der Waals surface area contributed by atoms with E-state index in [0.29, 0.717) is 15.1 Å². The van der Waals surface area contributed by atoms with E-state index in [-0.39, 0.29) is 3.31 Å². The molecule has 97 valence electrons. The lowest BCUT2D eigenvalue weighted by atomic mass is 10.2. The first kappa shape index (κ1) is 17.9. The monoisotopic (exact) mass is 481 g/mol. The van der Waals surface area contributed by atoms with Crippen LogP contribution in [0.4, 0.5) is 0 Å². The van der Waals surface area contributed by atoms with Crippen LogP contribution in [0.5, 0.6) is 0 Å². The van der Waals surface area contributed by atoms with Crippen LogP contribution in [0.1, 0.15) is 62.3 Å². The maximum absolute atomic E-state index is 2.78. The zero-order valence-electron chi connectivity index (χ0n) is 12.3. The molecule has 0 heterocycles. The van der Waals surface area contributed by atoms with Crippen molar-refractivity contribution in [1.29, 1.82) is 0 Å². The Morgan fingerprint density at radius 1 is 0.625 bits per heavy atom. The van der Waals surface area contributed by atoms with Gasteiger partial charge in [-0.3, -0.25) is 0 Å². The summed E-state index contributed by atoms with van der Waals surface area (Å²) in [5, 5.41) is 1.42. The van der Waals surface area contributed by atoms with Crippen molar-refractivity contribution >= 4 is 54.5 Å². The van der Waals surface area contributed by atoms with Gasteiger partial charge >= 0.3 is 0 Å². The van der Waals surface area contributed by atoms with E-state index in [0.717, 1.165) is 0 Å². The Kier molecular flexibility index (Phi) is 5.72. The summed E-state index contributed by atoms with van der Waals surface area (Å²) in [5.41, 5.74) is 0. The summed E-state index contributed by atoms with van der Waals surface area (Å²) in [7, 11) is -1.40.